The lowest BCUT2D eigenvalue weighted by Gasteiger charge is -1.97. The average molecular weight is 285 g/mol. The minimum atomic E-state index is -0.861. The number of carboxylic acid groups (broad SMARTS) is 1. The van der Waals surface area contributed by atoms with E-state index in [1.807, 2.05) is 13.2 Å². The summed E-state index contributed by atoms with van der Waals surface area (Å²) in [5.41, 5.74) is 1.05. The number of aryl methyl sites for hydroxylation is 1. The first kappa shape index (κ1) is 12.8. The summed E-state index contributed by atoms with van der Waals surface area (Å²) < 4.78 is 2.37. The lowest BCUT2D eigenvalue weighted by Crippen LogP contribution is -1.97. The molecule has 0 unspecified atom stereocenters. The van der Waals surface area contributed by atoms with Crippen molar-refractivity contribution in [1.82, 2.24) is 20.0 Å². The zero-order valence-corrected chi connectivity index (χ0v) is 11.2. The van der Waals surface area contributed by atoms with Gasteiger partial charge in [0, 0.05) is 25.4 Å². The van der Waals surface area contributed by atoms with Gasteiger partial charge < -0.3 is 10.4 Å². The Labute approximate surface area is 111 Å². The number of aliphatic carboxylic acids is 1. The van der Waals surface area contributed by atoms with Gasteiger partial charge in [-0.1, -0.05) is 23.1 Å². The van der Waals surface area contributed by atoms with Crippen molar-refractivity contribution in [3.05, 3.63) is 18.0 Å². The van der Waals surface area contributed by atoms with Gasteiger partial charge in [0.1, 0.15) is 0 Å². The summed E-state index contributed by atoms with van der Waals surface area (Å²) in [6.07, 6.45) is 3.68. The molecule has 0 saturated heterocycles. The van der Waals surface area contributed by atoms with E-state index < -0.39 is 5.97 Å². The second-order valence-electron chi connectivity index (χ2n) is 3.43. The summed E-state index contributed by atoms with van der Waals surface area (Å²) in [6.45, 7) is 0.617. The van der Waals surface area contributed by atoms with Crippen LogP contribution in [0.3, 0.4) is 0 Å². The first-order valence-corrected chi connectivity index (χ1v) is 6.83. The Balaban J connectivity index is 1.84. The van der Waals surface area contributed by atoms with Gasteiger partial charge in [-0.05, 0) is 0 Å². The molecular formula is C9H11N5O2S2. The van der Waals surface area contributed by atoms with Gasteiger partial charge in [-0.25, -0.2) is 0 Å². The quantitative estimate of drug-likeness (QED) is 0.766. The Morgan fingerprint density at radius 1 is 1.61 bits per heavy atom. The van der Waals surface area contributed by atoms with E-state index in [0.717, 1.165) is 17.3 Å². The third-order valence-electron chi connectivity index (χ3n) is 1.93. The predicted octanol–water partition coefficient (Wildman–Crippen LogP) is 1.06. The molecule has 18 heavy (non-hydrogen) atoms. The van der Waals surface area contributed by atoms with Crippen molar-refractivity contribution in [2.45, 2.75) is 10.9 Å². The number of hydrogen-bond donors (Lipinski definition) is 2. The maximum absolute atomic E-state index is 10.4. The predicted molar refractivity (Wildman–Crippen MR) is 68.8 cm³/mol. The normalized spacial score (nSPS) is 10.5. The zero-order chi connectivity index (χ0) is 13.0. The first-order valence-electron chi connectivity index (χ1n) is 5.03. The number of anilines is 1. The van der Waals surface area contributed by atoms with Gasteiger partial charge in [0.15, 0.2) is 4.34 Å². The molecule has 2 aromatic heterocycles. The van der Waals surface area contributed by atoms with E-state index in [1.165, 1.54) is 11.3 Å². The topological polar surface area (TPSA) is 92.9 Å². The van der Waals surface area contributed by atoms with Gasteiger partial charge in [-0.3, -0.25) is 9.48 Å². The third kappa shape index (κ3) is 3.70. The number of hydrogen-bond acceptors (Lipinski definition) is 7. The number of rotatable bonds is 6. The largest absolute Gasteiger partial charge is 0.481 e. The molecule has 2 rings (SSSR count). The van der Waals surface area contributed by atoms with Crippen molar-refractivity contribution < 1.29 is 9.90 Å². The van der Waals surface area contributed by atoms with Crippen LogP contribution in [0.25, 0.3) is 0 Å². The summed E-state index contributed by atoms with van der Waals surface area (Å²) >= 11 is 2.50. The van der Waals surface area contributed by atoms with E-state index in [9.17, 15) is 4.79 Å². The molecule has 0 aliphatic heterocycles. The van der Waals surface area contributed by atoms with Gasteiger partial charge in [-0.15, -0.1) is 10.2 Å². The molecule has 9 heteroatoms. The molecular weight excluding hydrogens is 274 g/mol. The molecule has 0 fully saturated rings. The number of nitrogens with zero attached hydrogens (tertiary/aromatic N) is 4. The van der Waals surface area contributed by atoms with E-state index in [1.54, 1.807) is 10.9 Å². The van der Waals surface area contributed by atoms with Crippen molar-refractivity contribution in [3.63, 3.8) is 0 Å². The minimum absolute atomic E-state index is 0.00274. The Kier molecular flexibility index (Phi) is 4.15. The fourth-order valence-corrected chi connectivity index (χ4v) is 2.67. The summed E-state index contributed by atoms with van der Waals surface area (Å²) in [6, 6.07) is 0. The molecule has 7 nitrogen and oxygen atoms in total. The molecule has 0 amide bonds. The Morgan fingerprint density at radius 2 is 2.44 bits per heavy atom. The van der Waals surface area contributed by atoms with E-state index in [2.05, 4.69) is 20.6 Å². The van der Waals surface area contributed by atoms with Crippen LogP contribution in [0.15, 0.2) is 16.7 Å². The van der Waals surface area contributed by atoms with Crippen LogP contribution in [0.5, 0.6) is 0 Å². The molecule has 0 atom stereocenters. The van der Waals surface area contributed by atoms with Crippen molar-refractivity contribution in [2.24, 2.45) is 7.05 Å². The lowest BCUT2D eigenvalue weighted by molar-refractivity contribution is -0.133. The third-order valence-corrected chi connectivity index (χ3v) is 3.93. The smallest absolute Gasteiger partial charge is 0.313 e. The van der Waals surface area contributed by atoms with Gasteiger partial charge in [0.05, 0.1) is 11.9 Å². The maximum Gasteiger partial charge on any atom is 0.313 e. The molecule has 2 aromatic rings. The standard InChI is InChI=1S/C9H11N5O2S2/c1-14-4-6(3-11-14)2-10-8-12-13-9(18-8)17-5-7(15)16/h3-4H,2,5H2,1H3,(H,10,12)(H,15,16). The molecule has 0 radical (unpaired) electrons. The first-order chi connectivity index (χ1) is 8.63. The van der Waals surface area contributed by atoms with Crippen molar-refractivity contribution in [1.29, 1.82) is 0 Å². The Hall–Kier alpha value is -1.61. The number of carboxylic acids is 1. The van der Waals surface area contributed by atoms with Crippen LogP contribution in [-0.4, -0.2) is 36.8 Å². The number of thioether (sulfide) groups is 1. The highest BCUT2D eigenvalue weighted by molar-refractivity contribution is 8.01. The van der Waals surface area contributed by atoms with Crippen molar-refractivity contribution in [3.8, 4) is 0 Å². The molecule has 0 aliphatic rings. The molecule has 2 heterocycles. The van der Waals surface area contributed by atoms with Crippen LogP contribution in [0.1, 0.15) is 5.56 Å². The van der Waals surface area contributed by atoms with E-state index in [-0.39, 0.29) is 5.75 Å². The summed E-state index contributed by atoms with van der Waals surface area (Å²) in [5, 5.41) is 24.2. The van der Waals surface area contributed by atoms with Gasteiger partial charge in [0.2, 0.25) is 5.13 Å². The van der Waals surface area contributed by atoms with E-state index in [0.29, 0.717) is 16.0 Å². The lowest BCUT2D eigenvalue weighted by atomic mass is 10.4. The van der Waals surface area contributed by atoms with Gasteiger partial charge in [0.25, 0.3) is 0 Å². The molecule has 0 spiro atoms. The van der Waals surface area contributed by atoms with Crippen LogP contribution < -0.4 is 5.32 Å². The van der Waals surface area contributed by atoms with Gasteiger partial charge >= 0.3 is 5.97 Å². The number of carbonyl (C=O) groups is 1. The molecule has 0 aliphatic carbocycles. The Bertz CT molecular complexity index is 539. The van der Waals surface area contributed by atoms with Crippen LogP contribution >= 0.6 is 23.1 Å². The highest BCUT2D eigenvalue weighted by Gasteiger charge is 2.07. The Morgan fingerprint density at radius 3 is 3.11 bits per heavy atom. The molecule has 2 N–H and O–H groups in total. The van der Waals surface area contributed by atoms with E-state index >= 15 is 0 Å². The van der Waals surface area contributed by atoms with Crippen LogP contribution in [0, 0.1) is 0 Å². The van der Waals surface area contributed by atoms with Crippen LogP contribution in [0.2, 0.25) is 0 Å². The maximum atomic E-state index is 10.4. The number of aromatic nitrogens is 4. The van der Waals surface area contributed by atoms with Gasteiger partial charge in [-0.2, -0.15) is 5.10 Å². The fraction of sp³-hybridized carbons (Fsp3) is 0.333. The zero-order valence-electron chi connectivity index (χ0n) is 9.53. The van der Waals surface area contributed by atoms with Crippen molar-refractivity contribution in [2.75, 3.05) is 11.1 Å². The molecule has 0 bridgehead atoms. The monoisotopic (exact) mass is 285 g/mol. The minimum Gasteiger partial charge on any atom is -0.481 e. The van der Waals surface area contributed by atoms with E-state index in [4.69, 9.17) is 5.11 Å². The summed E-state index contributed by atoms with van der Waals surface area (Å²) in [7, 11) is 1.86. The van der Waals surface area contributed by atoms with Crippen LogP contribution in [0.4, 0.5) is 5.13 Å². The van der Waals surface area contributed by atoms with Crippen molar-refractivity contribution >= 4 is 34.2 Å². The second kappa shape index (κ2) is 5.83. The van der Waals surface area contributed by atoms with Crippen LogP contribution in [-0.2, 0) is 18.4 Å². The molecule has 0 saturated carbocycles. The summed E-state index contributed by atoms with van der Waals surface area (Å²) in [5.74, 6) is -0.864. The highest BCUT2D eigenvalue weighted by Crippen LogP contribution is 2.25. The summed E-state index contributed by atoms with van der Waals surface area (Å²) in [4.78, 5) is 10.4. The SMILES string of the molecule is Cn1cc(CNc2nnc(SCC(=O)O)s2)cn1. The molecule has 96 valence electrons. The fourth-order valence-electron chi connectivity index (χ4n) is 1.20. The second-order valence-corrected chi connectivity index (χ2v) is 5.63. The highest BCUT2D eigenvalue weighted by atomic mass is 32.2. The average Bonchev–Trinajstić information content (AvgIpc) is 2.93. The molecule has 0 aromatic carbocycles. The number of nitrogens with one attached hydrogen (secondary N) is 1.